The van der Waals surface area contributed by atoms with E-state index in [1.165, 1.54) is 17.7 Å². The average molecular weight is 366 g/mol. The van der Waals surface area contributed by atoms with Crippen LogP contribution >= 0.6 is 11.3 Å². The number of aliphatic hydroxyl groups is 1. The van der Waals surface area contributed by atoms with E-state index in [0.29, 0.717) is 22.7 Å². The Labute approximate surface area is 148 Å². The van der Waals surface area contributed by atoms with Crippen LogP contribution in [0.4, 0.5) is 5.95 Å². The van der Waals surface area contributed by atoms with Gasteiger partial charge in [-0.15, -0.1) is 0 Å². The summed E-state index contributed by atoms with van der Waals surface area (Å²) >= 11 is 1.02. The summed E-state index contributed by atoms with van der Waals surface area (Å²) in [6, 6.07) is 0. The van der Waals surface area contributed by atoms with Crippen molar-refractivity contribution in [3.8, 4) is 0 Å². The van der Waals surface area contributed by atoms with Crippen molar-refractivity contribution in [2.45, 2.75) is 51.9 Å². The van der Waals surface area contributed by atoms with Crippen molar-refractivity contribution >= 4 is 33.6 Å². The summed E-state index contributed by atoms with van der Waals surface area (Å²) in [5.41, 5.74) is 6.03. The molecule has 3 atom stereocenters. The molecular formula is C16H22N4O4S. The lowest BCUT2D eigenvalue weighted by molar-refractivity contribution is -0.150. The first-order valence-corrected chi connectivity index (χ1v) is 9.14. The van der Waals surface area contributed by atoms with Crippen LogP contribution in [-0.2, 0) is 16.1 Å². The van der Waals surface area contributed by atoms with Crippen LogP contribution in [-0.4, -0.2) is 37.8 Å². The van der Waals surface area contributed by atoms with Gasteiger partial charge < -0.3 is 15.6 Å². The lowest BCUT2D eigenvalue weighted by Gasteiger charge is -2.25. The monoisotopic (exact) mass is 366 g/mol. The van der Waals surface area contributed by atoms with E-state index in [2.05, 4.69) is 9.97 Å². The van der Waals surface area contributed by atoms with Gasteiger partial charge in [0, 0.05) is 6.92 Å². The summed E-state index contributed by atoms with van der Waals surface area (Å²) in [5.74, 6) is 0.172. The third-order valence-electron chi connectivity index (χ3n) is 4.41. The van der Waals surface area contributed by atoms with Gasteiger partial charge in [0.2, 0.25) is 5.95 Å². The average Bonchev–Trinajstić information content (AvgIpc) is 3.32. The number of nitrogens with zero attached hydrogens (tertiary/aromatic N) is 3. The van der Waals surface area contributed by atoms with E-state index >= 15 is 0 Å². The van der Waals surface area contributed by atoms with Crippen molar-refractivity contribution in [1.29, 1.82) is 0 Å². The molecule has 0 aromatic carbocycles. The minimum atomic E-state index is -0.751. The Bertz CT molecular complexity index is 829. The molecule has 8 nitrogen and oxygen atoms in total. The van der Waals surface area contributed by atoms with Gasteiger partial charge >= 0.3 is 10.8 Å². The van der Waals surface area contributed by atoms with Crippen LogP contribution in [0.1, 0.15) is 33.1 Å². The summed E-state index contributed by atoms with van der Waals surface area (Å²) < 4.78 is 7.49. The zero-order valence-electron chi connectivity index (χ0n) is 14.2. The van der Waals surface area contributed by atoms with Gasteiger partial charge in [0.1, 0.15) is 6.10 Å². The summed E-state index contributed by atoms with van der Waals surface area (Å²) in [6.45, 7) is 3.49. The van der Waals surface area contributed by atoms with E-state index in [-0.39, 0.29) is 35.4 Å². The van der Waals surface area contributed by atoms with E-state index in [1.54, 1.807) is 0 Å². The van der Waals surface area contributed by atoms with Crippen LogP contribution < -0.4 is 10.6 Å². The number of carbonyl (C=O) groups is 1. The van der Waals surface area contributed by atoms with E-state index in [4.69, 9.17) is 10.5 Å². The summed E-state index contributed by atoms with van der Waals surface area (Å²) in [7, 11) is 0. The van der Waals surface area contributed by atoms with Crippen LogP contribution in [0, 0.1) is 11.8 Å². The summed E-state index contributed by atoms with van der Waals surface area (Å²) in [4.78, 5) is 31.2. The lowest BCUT2D eigenvalue weighted by atomic mass is 9.94. The first-order valence-electron chi connectivity index (χ1n) is 8.32. The number of ether oxygens (including phenoxy) is 1. The SMILES string of the molecule is CC(=O)OC(C(C)C[C@@H](O)Cn1c(=O)sc2cnc(N)nc21)C1CC1. The number of esters is 1. The first kappa shape index (κ1) is 17.8. The smallest absolute Gasteiger partial charge is 0.309 e. The second kappa shape index (κ2) is 7.09. The van der Waals surface area contributed by atoms with Gasteiger partial charge in [0.15, 0.2) is 5.65 Å². The Hall–Kier alpha value is -2.00. The number of aromatic nitrogens is 3. The van der Waals surface area contributed by atoms with Crippen LogP contribution in [0.3, 0.4) is 0 Å². The number of fused-ring (bicyclic) bond motifs is 1. The molecule has 0 spiro atoms. The lowest BCUT2D eigenvalue weighted by Crippen LogP contribution is -2.31. The second-order valence-corrected chi connectivity index (χ2v) is 7.67. The molecule has 2 unspecified atom stereocenters. The number of thiazole rings is 1. The maximum atomic E-state index is 12.2. The van der Waals surface area contributed by atoms with Gasteiger partial charge in [0.05, 0.1) is 23.5 Å². The number of hydrogen-bond donors (Lipinski definition) is 2. The quantitative estimate of drug-likeness (QED) is 0.706. The molecule has 136 valence electrons. The molecule has 1 aliphatic carbocycles. The van der Waals surface area contributed by atoms with Gasteiger partial charge in [-0.05, 0) is 31.1 Å². The highest BCUT2D eigenvalue weighted by Gasteiger charge is 2.37. The van der Waals surface area contributed by atoms with E-state index in [9.17, 15) is 14.7 Å². The third-order valence-corrected chi connectivity index (χ3v) is 5.32. The van der Waals surface area contributed by atoms with Crippen molar-refractivity contribution in [3.63, 3.8) is 0 Å². The third kappa shape index (κ3) is 4.16. The minimum absolute atomic E-state index is 0.00620. The van der Waals surface area contributed by atoms with Crippen molar-refractivity contribution in [1.82, 2.24) is 14.5 Å². The van der Waals surface area contributed by atoms with Gasteiger partial charge in [0.25, 0.3) is 0 Å². The predicted molar refractivity (Wildman–Crippen MR) is 94.2 cm³/mol. The van der Waals surface area contributed by atoms with Crippen LogP contribution in [0.15, 0.2) is 11.0 Å². The molecule has 2 heterocycles. The molecule has 3 rings (SSSR count). The molecule has 9 heteroatoms. The molecule has 2 aromatic heterocycles. The number of rotatable bonds is 7. The van der Waals surface area contributed by atoms with Crippen LogP contribution in [0.5, 0.6) is 0 Å². The van der Waals surface area contributed by atoms with Gasteiger partial charge in [-0.3, -0.25) is 14.2 Å². The predicted octanol–water partition coefficient (Wildman–Crippen LogP) is 1.16. The van der Waals surface area contributed by atoms with Crippen LogP contribution in [0.25, 0.3) is 10.3 Å². The largest absolute Gasteiger partial charge is 0.462 e. The molecule has 0 aliphatic heterocycles. The molecule has 2 aromatic rings. The highest BCUT2D eigenvalue weighted by Crippen LogP contribution is 2.39. The number of aliphatic hydroxyl groups excluding tert-OH is 1. The standard InChI is InChI=1S/C16H22N4O4S/c1-8(13(10-3-4-10)24-9(2)21)5-11(22)7-20-14-12(25-16(20)23)6-18-15(17)19-14/h6,8,10-11,13,22H,3-5,7H2,1-2H3,(H2,17,18,19)/t8?,11-,13?/m1/s1. The zero-order valence-corrected chi connectivity index (χ0v) is 15.0. The van der Waals surface area contributed by atoms with Crippen molar-refractivity contribution in [3.05, 3.63) is 15.9 Å². The maximum absolute atomic E-state index is 12.2. The van der Waals surface area contributed by atoms with Gasteiger partial charge in [-0.25, -0.2) is 4.98 Å². The van der Waals surface area contributed by atoms with Crippen molar-refractivity contribution < 1.29 is 14.6 Å². The van der Waals surface area contributed by atoms with Crippen molar-refractivity contribution in [2.24, 2.45) is 11.8 Å². The van der Waals surface area contributed by atoms with E-state index in [0.717, 1.165) is 24.2 Å². The van der Waals surface area contributed by atoms with Gasteiger partial charge in [-0.2, -0.15) is 4.98 Å². The van der Waals surface area contributed by atoms with Gasteiger partial charge in [-0.1, -0.05) is 18.3 Å². The Morgan fingerprint density at radius 1 is 1.56 bits per heavy atom. The molecule has 1 aliphatic rings. The number of nitrogen functional groups attached to an aromatic ring is 1. The Balaban J connectivity index is 1.71. The second-order valence-electron chi connectivity index (χ2n) is 6.67. The zero-order chi connectivity index (χ0) is 18.1. The van der Waals surface area contributed by atoms with E-state index in [1.807, 2.05) is 6.92 Å². The molecule has 0 saturated heterocycles. The summed E-state index contributed by atoms with van der Waals surface area (Å²) in [6.07, 6.45) is 3.10. The summed E-state index contributed by atoms with van der Waals surface area (Å²) in [5, 5.41) is 10.5. The Morgan fingerprint density at radius 3 is 2.92 bits per heavy atom. The fourth-order valence-corrected chi connectivity index (χ4v) is 3.99. The first-order chi connectivity index (χ1) is 11.8. The molecule has 0 amide bonds. The minimum Gasteiger partial charge on any atom is -0.462 e. The molecule has 3 N–H and O–H groups in total. The molecule has 0 bridgehead atoms. The number of anilines is 1. The Morgan fingerprint density at radius 2 is 2.28 bits per heavy atom. The molecule has 0 radical (unpaired) electrons. The molecule has 1 fully saturated rings. The fraction of sp³-hybridized carbons (Fsp3) is 0.625. The topological polar surface area (TPSA) is 120 Å². The number of nitrogens with two attached hydrogens (primary N) is 1. The van der Waals surface area contributed by atoms with Crippen molar-refractivity contribution in [2.75, 3.05) is 5.73 Å². The highest BCUT2D eigenvalue weighted by atomic mass is 32.1. The normalized spacial score (nSPS) is 18.0. The molecular weight excluding hydrogens is 344 g/mol. The number of carbonyl (C=O) groups excluding carboxylic acids is 1. The maximum Gasteiger partial charge on any atom is 0.309 e. The fourth-order valence-electron chi connectivity index (χ4n) is 3.18. The van der Waals surface area contributed by atoms with Crippen LogP contribution in [0.2, 0.25) is 0 Å². The highest BCUT2D eigenvalue weighted by molar-refractivity contribution is 7.16. The Kier molecular flexibility index (Phi) is 5.05. The number of hydrogen-bond acceptors (Lipinski definition) is 8. The molecule has 25 heavy (non-hydrogen) atoms. The molecule has 1 saturated carbocycles. The van der Waals surface area contributed by atoms with E-state index < -0.39 is 6.10 Å².